The van der Waals surface area contributed by atoms with Gasteiger partial charge < -0.3 is 14.8 Å². The zero-order valence-corrected chi connectivity index (χ0v) is 24.1. The van der Waals surface area contributed by atoms with Crippen LogP contribution in [0.3, 0.4) is 0 Å². The van der Waals surface area contributed by atoms with Crippen molar-refractivity contribution >= 4 is 63.2 Å². The van der Waals surface area contributed by atoms with E-state index in [-0.39, 0.29) is 16.3 Å². The van der Waals surface area contributed by atoms with Gasteiger partial charge in [0.2, 0.25) is 5.91 Å². The van der Waals surface area contributed by atoms with E-state index in [0.29, 0.717) is 29.7 Å². The average molecular weight is 682 g/mol. The van der Waals surface area contributed by atoms with Gasteiger partial charge in [0.25, 0.3) is 11.1 Å². The second-order valence-electron chi connectivity index (χ2n) is 8.69. The second-order valence-corrected chi connectivity index (χ2v) is 10.8. The molecule has 12 heteroatoms. The lowest BCUT2D eigenvalue weighted by atomic mass is 10.1. The number of benzene rings is 3. The number of anilines is 1. The van der Waals surface area contributed by atoms with Crippen LogP contribution in [0.4, 0.5) is 23.7 Å². The number of alkyl halides is 3. The Kier molecular flexibility index (Phi) is 9.08. The summed E-state index contributed by atoms with van der Waals surface area (Å²) in [4.78, 5) is 38.8. The third kappa shape index (κ3) is 7.16. The largest absolute Gasteiger partial charge is 0.495 e. The van der Waals surface area contributed by atoms with Crippen molar-refractivity contribution in [2.75, 3.05) is 19.0 Å². The second kappa shape index (κ2) is 12.3. The van der Waals surface area contributed by atoms with Gasteiger partial charge in [-0.3, -0.25) is 19.3 Å². The number of amides is 3. The first-order chi connectivity index (χ1) is 18.9. The highest BCUT2D eigenvalue weighted by atomic mass is 127. The van der Waals surface area contributed by atoms with Crippen molar-refractivity contribution < 1.29 is 37.0 Å². The van der Waals surface area contributed by atoms with Crippen LogP contribution in [0.1, 0.15) is 22.3 Å². The van der Waals surface area contributed by atoms with Crippen LogP contribution < -0.4 is 14.8 Å². The van der Waals surface area contributed by atoms with Crippen LogP contribution in [0, 0.1) is 10.5 Å². The summed E-state index contributed by atoms with van der Waals surface area (Å²) in [5.74, 6) is -0.883. The molecule has 0 unspecified atom stereocenters. The van der Waals surface area contributed by atoms with E-state index in [1.165, 1.54) is 13.2 Å². The summed E-state index contributed by atoms with van der Waals surface area (Å²) in [7, 11) is 1.24. The highest BCUT2D eigenvalue weighted by Gasteiger charge is 2.37. The molecule has 1 aliphatic rings. The lowest BCUT2D eigenvalue weighted by Gasteiger charge is -2.16. The van der Waals surface area contributed by atoms with Crippen LogP contribution >= 0.6 is 34.4 Å². The molecule has 208 valence electrons. The van der Waals surface area contributed by atoms with Gasteiger partial charge in [-0.2, -0.15) is 13.2 Å². The van der Waals surface area contributed by atoms with Crippen LogP contribution in [-0.2, 0) is 22.4 Å². The van der Waals surface area contributed by atoms with Crippen LogP contribution in [0.15, 0.2) is 65.6 Å². The van der Waals surface area contributed by atoms with Crippen molar-refractivity contribution in [1.82, 2.24) is 4.90 Å². The predicted octanol–water partition coefficient (Wildman–Crippen LogP) is 6.88. The number of hydrogen-bond donors (Lipinski definition) is 1. The zero-order valence-electron chi connectivity index (χ0n) is 21.2. The minimum Gasteiger partial charge on any atom is -0.495 e. The van der Waals surface area contributed by atoms with Gasteiger partial charge in [-0.1, -0.05) is 35.9 Å². The molecule has 0 bridgehead atoms. The van der Waals surface area contributed by atoms with Crippen molar-refractivity contribution in [3.63, 3.8) is 0 Å². The molecule has 1 fully saturated rings. The van der Waals surface area contributed by atoms with E-state index in [9.17, 15) is 27.6 Å². The number of methoxy groups -OCH3 is 1. The molecule has 1 saturated heterocycles. The van der Waals surface area contributed by atoms with Crippen LogP contribution in [0.25, 0.3) is 6.08 Å². The molecule has 0 saturated carbocycles. The van der Waals surface area contributed by atoms with Crippen molar-refractivity contribution in [2.45, 2.75) is 19.7 Å². The minimum absolute atomic E-state index is 0.00344. The molecule has 1 N–H and O–H groups in total. The molecule has 4 rings (SSSR count). The maximum Gasteiger partial charge on any atom is 0.416 e. The number of carbonyl (C=O) groups is 3. The average Bonchev–Trinajstić information content (AvgIpc) is 3.15. The number of rotatable bonds is 8. The quantitative estimate of drug-likeness (QED) is 0.206. The van der Waals surface area contributed by atoms with E-state index >= 15 is 0 Å². The number of aryl methyl sites for hydroxylation is 1. The predicted molar refractivity (Wildman–Crippen MR) is 154 cm³/mol. The Morgan fingerprint density at radius 3 is 2.40 bits per heavy atom. The topological polar surface area (TPSA) is 84.9 Å². The number of imide groups is 1. The number of halogens is 4. The Morgan fingerprint density at radius 1 is 1.05 bits per heavy atom. The van der Waals surface area contributed by atoms with E-state index < -0.39 is 35.3 Å². The molecule has 1 aliphatic heterocycles. The standard InChI is InChI=1S/C28H22F3IN2O5S/c1-16-3-5-17(6-4-16)15-39-22-9-7-18(11-20(22)32)12-24-26(36)34(27(37)40-24)14-25(35)33-21-13-19(28(29,30)31)8-10-23(21)38-2/h3-13H,14-15H2,1-2H3,(H,33,35)/b24-12-. The fraction of sp³-hybridized carbons (Fsp3) is 0.179. The van der Waals surface area contributed by atoms with Crippen molar-refractivity contribution in [3.8, 4) is 11.5 Å². The molecule has 3 aromatic carbocycles. The van der Waals surface area contributed by atoms with E-state index in [4.69, 9.17) is 9.47 Å². The Hall–Kier alpha value is -3.52. The number of hydrogen-bond acceptors (Lipinski definition) is 6. The molecule has 1 heterocycles. The van der Waals surface area contributed by atoms with Gasteiger partial charge in [0.05, 0.1) is 26.8 Å². The van der Waals surface area contributed by atoms with E-state index in [1.54, 1.807) is 18.2 Å². The molecule has 0 aliphatic carbocycles. The molecule has 0 radical (unpaired) electrons. The summed E-state index contributed by atoms with van der Waals surface area (Å²) in [5, 5.41) is 1.62. The fourth-order valence-electron chi connectivity index (χ4n) is 3.67. The fourth-order valence-corrected chi connectivity index (χ4v) is 5.21. The highest BCUT2D eigenvalue weighted by molar-refractivity contribution is 14.1. The summed E-state index contributed by atoms with van der Waals surface area (Å²) in [5.41, 5.74) is 1.61. The van der Waals surface area contributed by atoms with Gasteiger partial charge in [-0.05, 0) is 88.8 Å². The summed E-state index contributed by atoms with van der Waals surface area (Å²) >= 11 is 2.78. The third-order valence-electron chi connectivity index (χ3n) is 5.74. The Bertz CT molecular complexity index is 1490. The Balaban J connectivity index is 1.42. The van der Waals surface area contributed by atoms with Gasteiger partial charge in [0.15, 0.2) is 0 Å². The summed E-state index contributed by atoms with van der Waals surface area (Å²) in [6, 6.07) is 15.9. The van der Waals surface area contributed by atoms with Crippen LogP contribution in [0.2, 0.25) is 0 Å². The molecule has 0 spiro atoms. The zero-order chi connectivity index (χ0) is 29.0. The van der Waals surface area contributed by atoms with Gasteiger partial charge in [-0.15, -0.1) is 0 Å². The Labute approximate surface area is 245 Å². The number of nitrogens with one attached hydrogen (secondary N) is 1. The smallest absolute Gasteiger partial charge is 0.416 e. The molecule has 40 heavy (non-hydrogen) atoms. The monoisotopic (exact) mass is 682 g/mol. The summed E-state index contributed by atoms with van der Waals surface area (Å²) in [6.45, 7) is 1.72. The Morgan fingerprint density at radius 2 is 1.75 bits per heavy atom. The highest BCUT2D eigenvalue weighted by Crippen LogP contribution is 2.36. The molecule has 0 aromatic heterocycles. The molecule has 3 amide bonds. The molecular weight excluding hydrogens is 660 g/mol. The van der Waals surface area contributed by atoms with Crippen molar-refractivity contribution in [1.29, 1.82) is 0 Å². The summed E-state index contributed by atoms with van der Waals surface area (Å²) in [6.07, 6.45) is -3.10. The van der Waals surface area contributed by atoms with Gasteiger partial charge in [0, 0.05) is 0 Å². The number of nitrogens with zero attached hydrogens (tertiary/aromatic N) is 1. The third-order valence-corrected chi connectivity index (χ3v) is 7.50. The SMILES string of the molecule is COc1ccc(C(F)(F)F)cc1NC(=O)CN1C(=O)S/C(=C\c2ccc(OCc3ccc(C)cc3)c(I)c2)C1=O. The number of ether oxygens (including phenoxy) is 2. The van der Waals surface area contributed by atoms with Gasteiger partial charge in [-0.25, -0.2) is 0 Å². The minimum atomic E-state index is -4.63. The normalized spacial score (nSPS) is 14.6. The van der Waals surface area contributed by atoms with Crippen molar-refractivity contribution in [3.05, 3.63) is 91.4 Å². The first kappa shape index (κ1) is 29.5. The van der Waals surface area contributed by atoms with Crippen LogP contribution in [0.5, 0.6) is 11.5 Å². The van der Waals surface area contributed by atoms with Gasteiger partial charge >= 0.3 is 6.18 Å². The molecule has 0 atom stereocenters. The van der Waals surface area contributed by atoms with E-state index in [1.807, 2.05) is 31.2 Å². The number of thioether (sulfide) groups is 1. The lowest BCUT2D eigenvalue weighted by Crippen LogP contribution is -2.36. The lowest BCUT2D eigenvalue weighted by molar-refractivity contribution is -0.137. The van der Waals surface area contributed by atoms with E-state index in [0.717, 1.165) is 37.8 Å². The van der Waals surface area contributed by atoms with E-state index in [2.05, 4.69) is 27.9 Å². The van der Waals surface area contributed by atoms with Crippen LogP contribution in [-0.4, -0.2) is 35.6 Å². The molecule has 3 aromatic rings. The summed E-state index contributed by atoms with van der Waals surface area (Å²) < 4.78 is 51.0. The molecular formula is C28H22F3IN2O5S. The maximum atomic E-state index is 13.1. The first-order valence-corrected chi connectivity index (χ1v) is 13.6. The first-order valence-electron chi connectivity index (χ1n) is 11.7. The molecule has 7 nitrogen and oxygen atoms in total. The van der Waals surface area contributed by atoms with Gasteiger partial charge in [0.1, 0.15) is 24.7 Å². The maximum absolute atomic E-state index is 13.1. The van der Waals surface area contributed by atoms with Crippen molar-refractivity contribution in [2.24, 2.45) is 0 Å². The number of carbonyl (C=O) groups excluding carboxylic acids is 3.